The second-order valence-corrected chi connectivity index (χ2v) is 9.67. The lowest BCUT2D eigenvalue weighted by Crippen LogP contribution is -2.50. The zero-order valence-electron chi connectivity index (χ0n) is 18.2. The molecule has 3 rings (SSSR count). The molecule has 4 heteroatoms. The molecule has 27 heavy (non-hydrogen) atoms. The summed E-state index contributed by atoms with van der Waals surface area (Å²) in [6.07, 6.45) is 8.73. The zero-order valence-corrected chi connectivity index (χ0v) is 18.2. The van der Waals surface area contributed by atoms with E-state index < -0.39 is 0 Å². The molecular formula is C23H42N4. The maximum Gasteiger partial charge on any atom is 0.0705 e. The van der Waals surface area contributed by atoms with E-state index >= 15 is 0 Å². The highest BCUT2D eigenvalue weighted by atomic mass is 15.3. The van der Waals surface area contributed by atoms with Gasteiger partial charge in [-0.05, 0) is 65.0 Å². The highest BCUT2D eigenvalue weighted by Crippen LogP contribution is 2.36. The molecule has 1 aliphatic carbocycles. The monoisotopic (exact) mass is 374 g/mol. The van der Waals surface area contributed by atoms with Crippen LogP contribution in [0, 0.1) is 5.92 Å². The summed E-state index contributed by atoms with van der Waals surface area (Å²) < 4.78 is 0. The molecule has 2 aliphatic heterocycles. The van der Waals surface area contributed by atoms with E-state index in [0.29, 0.717) is 18.1 Å². The van der Waals surface area contributed by atoms with Crippen LogP contribution in [0.1, 0.15) is 72.6 Å². The molecule has 154 valence electrons. The van der Waals surface area contributed by atoms with Crippen molar-refractivity contribution in [2.45, 2.75) is 96.3 Å². The summed E-state index contributed by atoms with van der Waals surface area (Å²) in [5.41, 5.74) is 2.85. The maximum absolute atomic E-state index is 5.22. The molecule has 0 radical (unpaired) electrons. The molecule has 2 fully saturated rings. The number of fused-ring (bicyclic) bond motifs is 1. The Labute approximate surface area is 167 Å². The smallest absolute Gasteiger partial charge is 0.0705 e. The zero-order chi connectivity index (χ0) is 19.4. The van der Waals surface area contributed by atoms with Gasteiger partial charge in [0.2, 0.25) is 0 Å². The first-order valence-electron chi connectivity index (χ1n) is 11.4. The van der Waals surface area contributed by atoms with Crippen molar-refractivity contribution in [2.75, 3.05) is 26.2 Å². The summed E-state index contributed by atoms with van der Waals surface area (Å²) in [5, 5.41) is 7.53. The van der Waals surface area contributed by atoms with Gasteiger partial charge in [0.05, 0.1) is 23.3 Å². The third kappa shape index (κ3) is 5.42. The van der Waals surface area contributed by atoms with Crippen molar-refractivity contribution in [2.24, 2.45) is 10.9 Å². The van der Waals surface area contributed by atoms with Gasteiger partial charge >= 0.3 is 0 Å². The molecule has 1 saturated carbocycles. The van der Waals surface area contributed by atoms with Crippen LogP contribution in [0.3, 0.4) is 0 Å². The quantitative estimate of drug-likeness (QED) is 0.635. The van der Waals surface area contributed by atoms with E-state index in [1.54, 1.807) is 0 Å². The Morgan fingerprint density at radius 3 is 2.89 bits per heavy atom. The molecule has 0 aromatic heterocycles. The highest BCUT2D eigenvalue weighted by molar-refractivity contribution is 6.12. The molecule has 0 bridgehead atoms. The number of nitrogens with zero attached hydrogens (tertiary/aromatic N) is 2. The predicted molar refractivity (Wildman–Crippen MR) is 117 cm³/mol. The Morgan fingerprint density at radius 2 is 2.11 bits per heavy atom. The topological polar surface area (TPSA) is 39.7 Å². The molecule has 4 unspecified atom stereocenters. The first kappa shape index (κ1) is 21.0. The highest BCUT2D eigenvalue weighted by Gasteiger charge is 2.55. The first-order valence-corrected chi connectivity index (χ1v) is 11.4. The maximum atomic E-state index is 5.22. The van der Waals surface area contributed by atoms with Gasteiger partial charge in [-0.1, -0.05) is 38.8 Å². The summed E-state index contributed by atoms with van der Waals surface area (Å²) in [7, 11) is 0. The van der Waals surface area contributed by atoms with Crippen LogP contribution in [-0.4, -0.2) is 60.5 Å². The van der Waals surface area contributed by atoms with Crippen LogP contribution in [0.15, 0.2) is 17.1 Å². The number of aliphatic imine (C=N–C) groups is 1. The van der Waals surface area contributed by atoms with E-state index in [1.807, 2.05) is 0 Å². The third-order valence-electron chi connectivity index (χ3n) is 6.82. The Morgan fingerprint density at radius 1 is 1.30 bits per heavy atom. The van der Waals surface area contributed by atoms with Crippen molar-refractivity contribution in [3.05, 3.63) is 12.2 Å². The summed E-state index contributed by atoms with van der Waals surface area (Å²) in [5.74, 6) is 0.755. The van der Waals surface area contributed by atoms with Crippen LogP contribution in [0.2, 0.25) is 0 Å². The van der Waals surface area contributed by atoms with Gasteiger partial charge in [0.25, 0.3) is 0 Å². The van der Waals surface area contributed by atoms with Gasteiger partial charge in [0.15, 0.2) is 0 Å². The molecule has 2 N–H and O–H groups in total. The fourth-order valence-corrected chi connectivity index (χ4v) is 4.93. The summed E-state index contributed by atoms with van der Waals surface area (Å²) in [6, 6.07) is 1.58. The van der Waals surface area contributed by atoms with Crippen molar-refractivity contribution < 1.29 is 0 Å². The Kier molecular flexibility index (Phi) is 7.15. The molecule has 0 amide bonds. The van der Waals surface area contributed by atoms with Crippen molar-refractivity contribution in [3.8, 4) is 0 Å². The van der Waals surface area contributed by atoms with Gasteiger partial charge in [-0.15, -0.1) is 0 Å². The van der Waals surface area contributed by atoms with Crippen molar-refractivity contribution in [3.63, 3.8) is 0 Å². The molecule has 1 saturated heterocycles. The van der Waals surface area contributed by atoms with Crippen LogP contribution in [-0.2, 0) is 0 Å². The molecule has 3 aliphatic rings. The summed E-state index contributed by atoms with van der Waals surface area (Å²) in [6.45, 7) is 18.1. The average molecular weight is 375 g/mol. The van der Waals surface area contributed by atoms with Crippen molar-refractivity contribution in [1.82, 2.24) is 15.5 Å². The Balaban J connectivity index is 1.49. The number of rotatable bonds is 8. The summed E-state index contributed by atoms with van der Waals surface area (Å²) in [4.78, 5) is 7.88. The van der Waals surface area contributed by atoms with Crippen LogP contribution in [0.5, 0.6) is 0 Å². The lowest BCUT2D eigenvalue weighted by atomic mass is 9.87. The minimum atomic E-state index is 0.0256. The molecule has 0 aromatic carbocycles. The standard InChI is InChI=1S/C23H42N4/c1-6-17(2)16-18(3)10-9-11-19-23(4,5)26-21-20(25-19)22(21)27-14-8-7-12-24-13-15-27/h18-20,22,24-25H,2,6-16H2,1,3-5H3. The predicted octanol–water partition coefficient (Wildman–Crippen LogP) is 3.78. The van der Waals surface area contributed by atoms with Crippen molar-refractivity contribution >= 4 is 5.71 Å². The largest absolute Gasteiger partial charge is 0.315 e. The van der Waals surface area contributed by atoms with E-state index in [9.17, 15) is 0 Å². The minimum Gasteiger partial charge on any atom is -0.315 e. The van der Waals surface area contributed by atoms with E-state index in [0.717, 1.165) is 25.4 Å². The lowest BCUT2D eigenvalue weighted by molar-refractivity contribution is 0.235. The van der Waals surface area contributed by atoms with Gasteiger partial charge in [0.1, 0.15) is 0 Å². The molecular weight excluding hydrogens is 332 g/mol. The fraction of sp³-hybridized carbons (Fsp3) is 0.870. The molecule has 4 nitrogen and oxygen atoms in total. The molecule has 2 heterocycles. The van der Waals surface area contributed by atoms with E-state index in [1.165, 1.54) is 62.9 Å². The van der Waals surface area contributed by atoms with Crippen LogP contribution >= 0.6 is 0 Å². The third-order valence-corrected chi connectivity index (χ3v) is 6.82. The minimum absolute atomic E-state index is 0.0256. The van der Waals surface area contributed by atoms with Crippen LogP contribution in [0.25, 0.3) is 0 Å². The van der Waals surface area contributed by atoms with E-state index in [2.05, 4.69) is 49.8 Å². The number of hydrogen-bond donors (Lipinski definition) is 2. The van der Waals surface area contributed by atoms with Crippen LogP contribution < -0.4 is 10.6 Å². The Hall–Kier alpha value is -0.710. The molecule has 0 spiro atoms. The SMILES string of the molecule is C=C(CC)CC(C)CCCC1NC2C(=NC1(C)C)C2N1CCCCNCC1. The van der Waals surface area contributed by atoms with Gasteiger partial charge in [-0.25, -0.2) is 0 Å². The van der Waals surface area contributed by atoms with Gasteiger partial charge < -0.3 is 10.6 Å². The molecule has 4 atom stereocenters. The number of allylic oxidation sites excluding steroid dienone is 1. The molecule has 0 aromatic rings. The van der Waals surface area contributed by atoms with E-state index in [4.69, 9.17) is 4.99 Å². The summed E-state index contributed by atoms with van der Waals surface area (Å²) >= 11 is 0. The van der Waals surface area contributed by atoms with Crippen molar-refractivity contribution in [1.29, 1.82) is 0 Å². The second kappa shape index (κ2) is 9.19. The number of nitrogens with one attached hydrogen (secondary N) is 2. The fourth-order valence-electron chi connectivity index (χ4n) is 4.93. The second-order valence-electron chi connectivity index (χ2n) is 9.67. The van der Waals surface area contributed by atoms with Crippen LogP contribution in [0.4, 0.5) is 0 Å². The van der Waals surface area contributed by atoms with Gasteiger partial charge in [-0.3, -0.25) is 9.89 Å². The normalized spacial score (nSPS) is 32.0. The lowest BCUT2D eigenvalue weighted by Gasteiger charge is -2.34. The average Bonchev–Trinajstić information content (AvgIpc) is 3.25. The Bertz CT molecular complexity index is 530. The number of hydrogen-bond acceptors (Lipinski definition) is 4. The first-order chi connectivity index (χ1) is 12.9. The van der Waals surface area contributed by atoms with E-state index in [-0.39, 0.29) is 5.54 Å². The van der Waals surface area contributed by atoms with Gasteiger partial charge in [-0.2, -0.15) is 0 Å². The van der Waals surface area contributed by atoms with Gasteiger partial charge in [0, 0.05) is 19.1 Å².